The molecular weight excluding hydrogens is 394 g/mol. The Kier molecular flexibility index (Phi) is 6.61. The summed E-state index contributed by atoms with van der Waals surface area (Å²) in [5.74, 6) is -0.595. The van der Waals surface area contributed by atoms with Crippen molar-refractivity contribution in [2.75, 3.05) is 27.2 Å². The first-order valence-corrected chi connectivity index (χ1v) is 8.78. The van der Waals surface area contributed by atoms with Crippen LogP contribution in [-0.4, -0.2) is 48.8 Å². The number of rotatable bonds is 4. The molecule has 1 N–H and O–H groups in total. The van der Waals surface area contributed by atoms with Crippen LogP contribution in [0, 0.1) is 0 Å². The average Bonchev–Trinajstić information content (AvgIpc) is 2.64. The summed E-state index contributed by atoms with van der Waals surface area (Å²) in [6.07, 6.45) is 1.49. The zero-order chi connectivity index (χ0) is 17.9. The molecule has 1 aliphatic rings. The van der Waals surface area contributed by atoms with Crippen LogP contribution in [0.25, 0.3) is 0 Å². The van der Waals surface area contributed by atoms with Crippen molar-refractivity contribution in [1.29, 1.82) is 0 Å². The standard InChI is InChI=1S/C21H26NO3.BrH/c1-22(2)15-13-19(14-16-22)25-20(23)21(24,17-9-5-3-6-10-17)18-11-7-4-8-12-18;/h3-12,19,24H,13-16H2,1-2H3;1H/q+1;/p-1. The number of likely N-dealkylation sites (tertiary alicyclic amines) is 1. The van der Waals surface area contributed by atoms with E-state index in [2.05, 4.69) is 14.1 Å². The molecule has 1 saturated heterocycles. The third-order valence-corrected chi connectivity index (χ3v) is 5.07. The highest BCUT2D eigenvalue weighted by Crippen LogP contribution is 2.32. The predicted molar refractivity (Wildman–Crippen MR) is 96.8 cm³/mol. The van der Waals surface area contributed by atoms with Gasteiger partial charge in [0.05, 0.1) is 27.2 Å². The van der Waals surface area contributed by atoms with E-state index in [0.717, 1.165) is 30.4 Å². The van der Waals surface area contributed by atoms with E-state index in [4.69, 9.17) is 4.74 Å². The molecule has 0 radical (unpaired) electrons. The summed E-state index contributed by atoms with van der Waals surface area (Å²) in [6, 6.07) is 18.0. The van der Waals surface area contributed by atoms with Crippen molar-refractivity contribution >= 4 is 5.97 Å². The summed E-state index contributed by atoms with van der Waals surface area (Å²) in [7, 11) is 4.37. The van der Waals surface area contributed by atoms with Gasteiger partial charge in [0.25, 0.3) is 0 Å². The highest BCUT2D eigenvalue weighted by atomic mass is 79.9. The molecule has 26 heavy (non-hydrogen) atoms. The third-order valence-electron chi connectivity index (χ3n) is 5.07. The average molecular weight is 420 g/mol. The molecule has 0 bridgehead atoms. The van der Waals surface area contributed by atoms with Crippen molar-refractivity contribution in [3.05, 3.63) is 71.8 Å². The Labute approximate surface area is 165 Å². The molecule has 0 aliphatic carbocycles. The zero-order valence-corrected chi connectivity index (χ0v) is 16.9. The molecule has 1 aliphatic heterocycles. The van der Waals surface area contributed by atoms with E-state index in [1.807, 2.05) is 36.4 Å². The minimum atomic E-state index is -1.79. The highest BCUT2D eigenvalue weighted by Gasteiger charge is 2.43. The first kappa shape index (κ1) is 20.6. The minimum Gasteiger partial charge on any atom is -1.00 e. The molecule has 2 aromatic rings. The Bertz CT molecular complexity index is 669. The van der Waals surface area contributed by atoms with Gasteiger partial charge in [-0.15, -0.1) is 0 Å². The number of halogens is 1. The van der Waals surface area contributed by atoms with E-state index in [0.29, 0.717) is 11.1 Å². The van der Waals surface area contributed by atoms with Crippen LogP contribution >= 0.6 is 0 Å². The van der Waals surface area contributed by atoms with Crippen LogP contribution < -0.4 is 17.0 Å². The number of hydrogen-bond donors (Lipinski definition) is 1. The zero-order valence-electron chi connectivity index (χ0n) is 15.3. The fourth-order valence-corrected chi connectivity index (χ4v) is 3.36. The summed E-state index contributed by atoms with van der Waals surface area (Å²) in [5.41, 5.74) is -0.735. The second-order valence-electron chi connectivity index (χ2n) is 7.43. The molecule has 0 aromatic heterocycles. The molecule has 0 saturated carbocycles. The number of carbonyl (C=O) groups excluding carboxylic acids is 1. The second kappa shape index (κ2) is 8.33. The van der Waals surface area contributed by atoms with Crippen LogP contribution in [0.5, 0.6) is 0 Å². The number of hydrogen-bond acceptors (Lipinski definition) is 3. The maximum atomic E-state index is 13.0. The predicted octanol–water partition coefficient (Wildman–Crippen LogP) is -0.291. The molecule has 0 atom stereocenters. The normalized spacial score (nSPS) is 17.2. The number of esters is 1. The Hall–Kier alpha value is -1.69. The van der Waals surface area contributed by atoms with Gasteiger partial charge in [0.1, 0.15) is 6.10 Å². The first-order valence-electron chi connectivity index (χ1n) is 8.78. The van der Waals surface area contributed by atoms with E-state index in [9.17, 15) is 9.90 Å². The fraction of sp³-hybridized carbons (Fsp3) is 0.381. The van der Waals surface area contributed by atoms with E-state index in [1.165, 1.54) is 0 Å². The Morgan fingerprint density at radius 2 is 1.38 bits per heavy atom. The van der Waals surface area contributed by atoms with E-state index >= 15 is 0 Å². The van der Waals surface area contributed by atoms with Gasteiger partial charge < -0.3 is 31.3 Å². The Morgan fingerprint density at radius 1 is 0.962 bits per heavy atom. The van der Waals surface area contributed by atoms with E-state index in [1.54, 1.807) is 24.3 Å². The van der Waals surface area contributed by atoms with Crippen LogP contribution in [0.3, 0.4) is 0 Å². The largest absolute Gasteiger partial charge is 1.00 e. The summed E-state index contributed by atoms with van der Waals surface area (Å²) in [5, 5.41) is 11.4. The van der Waals surface area contributed by atoms with Gasteiger partial charge in [-0.3, -0.25) is 0 Å². The van der Waals surface area contributed by atoms with Gasteiger partial charge in [0.2, 0.25) is 5.60 Å². The van der Waals surface area contributed by atoms with Crippen LogP contribution in [0.2, 0.25) is 0 Å². The lowest BCUT2D eigenvalue weighted by Gasteiger charge is -2.38. The van der Waals surface area contributed by atoms with Crippen LogP contribution in [0.4, 0.5) is 0 Å². The summed E-state index contributed by atoms with van der Waals surface area (Å²) >= 11 is 0. The van der Waals surface area contributed by atoms with Gasteiger partial charge in [0, 0.05) is 12.8 Å². The molecule has 2 aromatic carbocycles. The molecule has 140 valence electrons. The topological polar surface area (TPSA) is 46.5 Å². The van der Waals surface area contributed by atoms with Crippen molar-refractivity contribution < 1.29 is 36.1 Å². The molecule has 1 heterocycles. The summed E-state index contributed by atoms with van der Waals surface area (Å²) in [4.78, 5) is 13.0. The Balaban J connectivity index is 0.00000243. The lowest BCUT2D eigenvalue weighted by atomic mass is 9.86. The van der Waals surface area contributed by atoms with Crippen molar-refractivity contribution in [2.45, 2.75) is 24.5 Å². The quantitative estimate of drug-likeness (QED) is 0.547. The van der Waals surface area contributed by atoms with Gasteiger partial charge >= 0.3 is 5.97 Å². The van der Waals surface area contributed by atoms with Gasteiger partial charge in [-0.2, -0.15) is 0 Å². The van der Waals surface area contributed by atoms with Gasteiger partial charge in [-0.1, -0.05) is 60.7 Å². The molecule has 1 fully saturated rings. The smallest absolute Gasteiger partial charge is 0.347 e. The van der Waals surface area contributed by atoms with Crippen molar-refractivity contribution in [2.24, 2.45) is 0 Å². The van der Waals surface area contributed by atoms with Gasteiger partial charge in [0.15, 0.2) is 0 Å². The van der Waals surface area contributed by atoms with Gasteiger partial charge in [-0.05, 0) is 11.1 Å². The number of carbonyl (C=O) groups is 1. The fourth-order valence-electron chi connectivity index (χ4n) is 3.36. The third kappa shape index (κ3) is 4.34. The van der Waals surface area contributed by atoms with Gasteiger partial charge in [-0.25, -0.2) is 4.79 Å². The van der Waals surface area contributed by atoms with E-state index in [-0.39, 0.29) is 23.1 Å². The summed E-state index contributed by atoms with van der Waals surface area (Å²) < 4.78 is 6.70. The molecule has 0 unspecified atom stereocenters. The lowest BCUT2D eigenvalue weighted by Crippen LogP contribution is -3.00. The number of quaternary nitrogens is 1. The maximum absolute atomic E-state index is 13.0. The molecular formula is C21H26BrNO3. The minimum absolute atomic E-state index is 0. The molecule has 0 amide bonds. The van der Waals surface area contributed by atoms with E-state index < -0.39 is 11.6 Å². The van der Waals surface area contributed by atoms with Crippen LogP contribution in [0.1, 0.15) is 24.0 Å². The molecule has 5 heteroatoms. The number of nitrogens with zero attached hydrogens (tertiary/aromatic N) is 1. The Morgan fingerprint density at radius 3 is 1.81 bits per heavy atom. The molecule has 0 spiro atoms. The summed E-state index contributed by atoms with van der Waals surface area (Å²) in [6.45, 7) is 1.93. The number of piperidine rings is 1. The SMILES string of the molecule is C[N+]1(C)CCC(OC(=O)C(O)(c2ccccc2)c2ccccc2)CC1.[Br-]. The molecule has 4 nitrogen and oxygen atoms in total. The second-order valence-corrected chi connectivity index (χ2v) is 7.43. The number of benzene rings is 2. The number of aliphatic hydroxyl groups is 1. The molecule has 3 rings (SSSR count). The first-order chi connectivity index (χ1) is 11.9. The van der Waals surface area contributed by atoms with Crippen LogP contribution in [0.15, 0.2) is 60.7 Å². The highest BCUT2D eigenvalue weighted by molar-refractivity contribution is 5.85. The van der Waals surface area contributed by atoms with Crippen molar-refractivity contribution in [3.8, 4) is 0 Å². The monoisotopic (exact) mass is 419 g/mol. The number of ether oxygens (including phenoxy) is 1. The maximum Gasteiger partial charge on any atom is 0.347 e. The van der Waals surface area contributed by atoms with Crippen molar-refractivity contribution in [1.82, 2.24) is 0 Å². The van der Waals surface area contributed by atoms with Crippen molar-refractivity contribution in [3.63, 3.8) is 0 Å². The lowest BCUT2D eigenvalue weighted by molar-refractivity contribution is -0.896. The van der Waals surface area contributed by atoms with Crippen LogP contribution in [-0.2, 0) is 15.1 Å².